The van der Waals surface area contributed by atoms with Gasteiger partial charge in [0.1, 0.15) is 18.3 Å². The summed E-state index contributed by atoms with van der Waals surface area (Å²) in [6, 6.07) is 28.0. The summed E-state index contributed by atoms with van der Waals surface area (Å²) >= 11 is 12.9. The van der Waals surface area contributed by atoms with Gasteiger partial charge in [0.15, 0.2) is 0 Å². The number of ether oxygens (including phenoxy) is 1. The minimum absolute atomic E-state index is 0.00137. The number of sulfonamides is 1. The molecule has 5 rings (SSSR count). The predicted octanol–water partition coefficient (Wildman–Crippen LogP) is 7.29. The topological polar surface area (TPSA) is 96.0 Å². The maximum Gasteiger partial charge on any atom is 0.264 e. The Kier molecular flexibility index (Phi) is 12.0. The van der Waals surface area contributed by atoms with Gasteiger partial charge in [-0.3, -0.25) is 13.9 Å². The van der Waals surface area contributed by atoms with Gasteiger partial charge in [0.2, 0.25) is 11.8 Å². The van der Waals surface area contributed by atoms with Gasteiger partial charge in [0, 0.05) is 24.0 Å². The smallest absolute Gasteiger partial charge is 0.264 e. The molecule has 1 aliphatic carbocycles. The van der Waals surface area contributed by atoms with Crippen LogP contribution in [-0.4, -0.2) is 50.9 Å². The molecule has 1 fully saturated rings. The third-order valence-electron chi connectivity index (χ3n) is 8.50. The number of anilines is 1. The Morgan fingerprint density at radius 3 is 2.21 bits per heavy atom. The molecular weight excluding hydrogens is 669 g/mol. The highest BCUT2D eigenvalue weighted by atomic mass is 35.5. The number of nitrogens with zero attached hydrogens (tertiary/aromatic N) is 2. The van der Waals surface area contributed by atoms with Crippen LogP contribution in [-0.2, 0) is 32.6 Å². The number of carbonyl (C=O) groups excluding carboxylic acids is 2. The third kappa shape index (κ3) is 8.89. The fourth-order valence-electron chi connectivity index (χ4n) is 5.98. The summed E-state index contributed by atoms with van der Waals surface area (Å²) in [5.74, 6) is -0.293. The van der Waals surface area contributed by atoms with Crippen molar-refractivity contribution in [2.75, 3.05) is 18.0 Å². The van der Waals surface area contributed by atoms with E-state index in [1.165, 1.54) is 29.2 Å². The van der Waals surface area contributed by atoms with Crippen molar-refractivity contribution in [3.8, 4) is 5.75 Å². The fraction of sp³-hybridized carbons (Fsp3) is 0.297. The van der Waals surface area contributed by atoms with Gasteiger partial charge in [-0.2, -0.15) is 0 Å². The molecule has 0 unspecified atom stereocenters. The maximum absolute atomic E-state index is 14.7. The zero-order chi connectivity index (χ0) is 34.1. The van der Waals surface area contributed by atoms with Crippen molar-refractivity contribution in [2.45, 2.75) is 62.0 Å². The van der Waals surface area contributed by atoms with E-state index >= 15 is 0 Å². The second-order valence-corrected chi connectivity index (χ2v) is 14.5. The van der Waals surface area contributed by atoms with Gasteiger partial charge in [0.05, 0.1) is 22.7 Å². The molecule has 0 radical (unpaired) electrons. The molecule has 11 heteroatoms. The summed E-state index contributed by atoms with van der Waals surface area (Å²) in [4.78, 5) is 30.4. The standard InChI is InChI=1S/C37H39Cl2N3O5S/c1-47-31-17-11-14-28(22-31)25-41(35(23-27-12-5-2-6-13-27)37(44)40-30-15-7-3-8-16-30)36(43)26-42(34-24-29(38)20-21-33(34)39)48(45,46)32-18-9-4-10-19-32/h2,4-6,9-14,17-22,24,30,35H,3,7-8,15-16,23,25-26H2,1H3,(H,40,44)/t35-/m0/s1. The van der Waals surface area contributed by atoms with Gasteiger partial charge in [-0.15, -0.1) is 0 Å². The van der Waals surface area contributed by atoms with Gasteiger partial charge in [-0.05, 0) is 66.4 Å². The van der Waals surface area contributed by atoms with Crippen LogP contribution in [0.3, 0.4) is 0 Å². The first-order valence-corrected chi connectivity index (χ1v) is 18.1. The Morgan fingerprint density at radius 2 is 1.52 bits per heavy atom. The summed E-state index contributed by atoms with van der Waals surface area (Å²) in [6.45, 7) is -0.614. The monoisotopic (exact) mass is 707 g/mol. The van der Waals surface area contributed by atoms with E-state index in [0.29, 0.717) is 11.3 Å². The molecule has 0 spiro atoms. The molecule has 0 saturated heterocycles. The first-order chi connectivity index (χ1) is 23.2. The second kappa shape index (κ2) is 16.4. The van der Waals surface area contributed by atoms with E-state index in [2.05, 4.69) is 5.32 Å². The van der Waals surface area contributed by atoms with Crippen molar-refractivity contribution in [1.82, 2.24) is 10.2 Å². The number of methoxy groups -OCH3 is 1. The second-order valence-electron chi connectivity index (χ2n) is 11.8. The zero-order valence-corrected chi connectivity index (χ0v) is 29.1. The molecule has 4 aromatic rings. The number of hydrogen-bond acceptors (Lipinski definition) is 5. The highest BCUT2D eigenvalue weighted by molar-refractivity contribution is 7.92. The molecule has 1 aliphatic rings. The van der Waals surface area contributed by atoms with Crippen LogP contribution in [0.4, 0.5) is 5.69 Å². The number of benzene rings is 4. The van der Waals surface area contributed by atoms with Crippen LogP contribution in [0.1, 0.15) is 43.2 Å². The minimum Gasteiger partial charge on any atom is -0.497 e. The summed E-state index contributed by atoms with van der Waals surface area (Å²) < 4.78 is 34.8. The van der Waals surface area contributed by atoms with Gasteiger partial charge in [-0.25, -0.2) is 8.42 Å². The van der Waals surface area contributed by atoms with E-state index in [0.717, 1.165) is 42.0 Å². The van der Waals surface area contributed by atoms with Gasteiger partial charge in [0.25, 0.3) is 10.0 Å². The average Bonchev–Trinajstić information content (AvgIpc) is 3.11. The van der Waals surface area contributed by atoms with Crippen LogP contribution >= 0.6 is 23.2 Å². The van der Waals surface area contributed by atoms with Crippen molar-refractivity contribution in [3.05, 3.63) is 124 Å². The lowest BCUT2D eigenvalue weighted by Gasteiger charge is -2.35. The number of rotatable bonds is 13. The molecular formula is C37H39Cl2N3O5S. The van der Waals surface area contributed by atoms with Crippen molar-refractivity contribution in [2.24, 2.45) is 0 Å². The maximum atomic E-state index is 14.7. The van der Waals surface area contributed by atoms with E-state index in [4.69, 9.17) is 27.9 Å². The van der Waals surface area contributed by atoms with E-state index in [1.807, 2.05) is 42.5 Å². The number of halogens is 2. The lowest BCUT2D eigenvalue weighted by molar-refractivity contribution is -0.140. The Labute approximate surface area is 292 Å². The number of nitrogens with one attached hydrogen (secondary N) is 1. The van der Waals surface area contributed by atoms with E-state index < -0.39 is 28.5 Å². The molecule has 2 amide bonds. The van der Waals surface area contributed by atoms with Crippen LogP contribution in [0.25, 0.3) is 0 Å². The molecule has 1 N–H and O–H groups in total. The molecule has 0 bridgehead atoms. The van der Waals surface area contributed by atoms with E-state index in [1.54, 1.807) is 43.5 Å². The Balaban J connectivity index is 1.59. The summed E-state index contributed by atoms with van der Waals surface area (Å²) in [5.41, 5.74) is 1.62. The summed E-state index contributed by atoms with van der Waals surface area (Å²) in [5, 5.41) is 3.56. The van der Waals surface area contributed by atoms with Gasteiger partial charge < -0.3 is 15.0 Å². The van der Waals surface area contributed by atoms with Crippen LogP contribution in [0, 0.1) is 0 Å². The SMILES string of the molecule is COc1cccc(CN(C(=O)CN(c2cc(Cl)ccc2Cl)S(=O)(=O)c2ccccc2)[C@@H](Cc2ccccc2)C(=O)NC2CCCCC2)c1. The zero-order valence-electron chi connectivity index (χ0n) is 26.7. The van der Waals surface area contributed by atoms with Crippen LogP contribution in [0.5, 0.6) is 5.75 Å². The predicted molar refractivity (Wildman–Crippen MR) is 190 cm³/mol. The molecule has 4 aromatic carbocycles. The molecule has 48 heavy (non-hydrogen) atoms. The largest absolute Gasteiger partial charge is 0.497 e. The molecule has 0 heterocycles. The van der Waals surface area contributed by atoms with Crippen molar-refractivity contribution in [1.29, 1.82) is 0 Å². The Morgan fingerprint density at radius 1 is 0.854 bits per heavy atom. The van der Waals surface area contributed by atoms with Crippen molar-refractivity contribution >= 4 is 50.7 Å². The quantitative estimate of drug-likeness (QED) is 0.158. The molecule has 1 saturated carbocycles. The molecule has 1 atom stereocenters. The van der Waals surface area contributed by atoms with Gasteiger partial charge >= 0.3 is 0 Å². The van der Waals surface area contributed by atoms with Crippen molar-refractivity contribution < 1.29 is 22.7 Å². The highest BCUT2D eigenvalue weighted by Gasteiger charge is 2.36. The lowest BCUT2D eigenvalue weighted by atomic mass is 9.94. The van der Waals surface area contributed by atoms with Crippen LogP contribution in [0.2, 0.25) is 10.0 Å². The lowest BCUT2D eigenvalue weighted by Crippen LogP contribution is -2.55. The normalized spacial score (nSPS) is 14.1. The Bertz CT molecular complexity index is 1800. The van der Waals surface area contributed by atoms with Crippen LogP contribution in [0.15, 0.2) is 108 Å². The van der Waals surface area contributed by atoms with Gasteiger partial charge in [-0.1, -0.05) is 103 Å². The number of hydrogen-bond donors (Lipinski definition) is 1. The minimum atomic E-state index is -4.31. The first kappa shape index (κ1) is 35.3. The van der Waals surface area contributed by atoms with E-state index in [-0.39, 0.29) is 45.5 Å². The molecule has 252 valence electrons. The third-order valence-corrected chi connectivity index (χ3v) is 10.8. The number of amides is 2. The van der Waals surface area contributed by atoms with E-state index in [9.17, 15) is 18.0 Å². The van der Waals surface area contributed by atoms with Crippen LogP contribution < -0.4 is 14.4 Å². The highest BCUT2D eigenvalue weighted by Crippen LogP contribution is 2.33. The molecule has 8 nitrogen and oxygen atoms in total. The Hall–Kier alpha value is -4.05. The molecule has 0 aliphatic heterocycles. The van der Waals surface area contributed by atoms with Crippen molar-refractivity contribution in [3.63, 3.8) is 0 Å². The average molecular weight is 709 g/mol. The summed E-state index contributed by atoms with van der Waals surface area (Å²) in [6.07, 6.45) is 5.12. The first-order valence-electron chi connectivity index (χ1n) is 16.0. The fourth-order valence-corrected chi connectivity index (χ4v) is 7.86. The summed E-state index contributed by atoms with van der Waals surface area (Å²) in [7, 11) is -2.76. The molecule has 0 aromatic heterocycles. The number of carbonyl (C=O) groups is 2.